The van der Waals surface area contributed by atoms with Crippen molar-refractivity contribution in [1.29, 1.82) is 5.26 Å². The highest BCUT2D eigenvalue weighted by molar-refractivity contribution is 5.59. The Labute approximate surface area is 106 Å². The van der Waals surface area contributed by atoms with E-state index < -0.39 is 5.41 Å². The van der Waals surface area contributed by atoms with Crippen LogP contribution in [0.3, 0.4) is 0 Å². The summed E-state index contributed by atoms with van der Waals surface area (Å²) in [4.78, 5) is 8.80. The Morgan fingerprint density at radius 3 is 2.50 bits per heavy atom. The van der Waals surface area contributed by atoms with Crippen LogP contribution in [0.15, 0.2) is 36.5 Å². The average molecular weight is 235 g/mol. The molecule has 2 aromatic rings. The third-order valence-electron chi connectivity index (χ3n) is 3.39. The normalized spacial score (nSPS) is 16.0. The first-order chi connectivity index (χ1) is 8.73. The van der Waals surface area contributed by atoms with Gasteiger partial charge in [0.2, 0.25) is 0 Å². The predicted molar refractivity (Wildman–Crippen MR) is 68.7 cm³/mol. The number of hydrogen-bond acceptors (Lipinski definition) is 3. The first-order valence-electron chi connectivity index (χ1n) is 6.05. The monoisotopic (exact) mass is 235 g/mol. The fourth-order valence-corrected chi connectivity index (χ4v) is 1.98. The number of rotatable bonds is 2. The van der Waals surface area contributed by atoms with Crippen molar-refractivity contribution in [2.24, 2.45) is 0 Å². The minimum atomic E-state index is -0.416. The highest BCUT2D eigenvalue weighted by Crippen LogP contribution is 2.45. The van der Waals surface area contributed by atoms with Gasteiger partial charge >= 0.3 is 0 Å². The first kappa shape index (κ1) is 10.9. The van der Waals surface area contributed by atoms with Crippen molar-refractivity contribution in [3.8, 4) is 17.3 Å². The Bertz CT molecular complexity index is 619. The van der Waals surface area contributed by atoms with Gasteiger partial charge < -0.3 is 0 Å². The molecule has 1 aromatic heterocycles. The number of benzene rings is 1. The fourth-order valence-electron chi connectivity index (χ4n) is 1.98. The van der Waals surface area contributed by atoms with Crippen LogP contribution in [0.2, 0.25) is 0 Å². The van der Waals surface area contributed by atoms with Crippen molar-refractivity contribution >= 4 is 0 Å². The summed E-state index contributed by atoms with van der Waals surface area (Å²) in [5, 5.41) is 9.18. The van der Waals surface area contributed by atoms with E-state index in [2.05, 4.69) is 35.1 Å². The molecule has 0 aliphatic heterocycles. The summed E-state index contributed by atoms with van der Waals surface area (Å²) in [7, 11) is 0. The third-order valence-corrected chi connectivity index (χ3v) is 3.39. The molecule has 1 aliphatic rings. The number of hydrogen-bond donors (Lipinski definition) is 0. The van der Waals surface area contributed by atoms with Crippen molar-refractivity contribution in [1.82, 2.24) is 9.97 Å². The highest BCUT2D eigenvalue weighted by atomic mass is 14.9. The number of nitrogens with zero attached hydrogens (tertiary/aromatic N) is 3. The van der Waals surface area contributed by atoms with Gasteiger partial charge in [-0.3, -0.25) is 0 Å². The third kappa shape index (κ3) is 1.76. The zero-order valence-corrected chi connectivity index (χ0v) is 10.2. The van der Waals surface area contributed by atoms with E-state index in [1.165, 1.54) is 5.56 Å². The minimum Gasteiger partial charge on any atom is -0.240 e. The predicted octanol–water partition coefficient (Wildman–Crippen LogP) is 3.01. The largest absolute Gasteiger partial charge is 0.240 e. The van der Waals surface area contributed by atoms with Crippen molar-refractivity contribution in [2.75, 3.05) is 0 Å². The van der Waals surface area contributed by atoms with Gasteiger partial charge in [0.1, 0.15) is 11.2 Å². The SMILES string of the molecule is Cc1ccc(-c2ccnc(C3(C#N)CC3)n2)cc1. The number of aromatic nitrogens is 2. The van der Waals surface area contributed by atoms with E-state index in [0.29, 0.717) is 5.82 Å². The average Bonchev–Trinajstić information content (AvgIpc) is 3.21. The summed E-state index contributed by atoms with van der Waals surface area (Å²) >= 11 is 0. The van der Waals surface area contributed by atoms with Crippen molar-refractivity contribution in [3.05, 3.63) is 47.9 Å². The molecule has 3 nitrogen and oxygen atoms in total. The van der Waals surface area contributed by atoms with Crippen LogP contribution < -0.4 is 0 Å². The molecule has 1 aromatic carbocycles. The first-order valence-corrected chi connectivity index (χ1v) is 6.05. The van der Waals surface area contributed by atoms with Crippen LogP contribution in [-0.2, 0) is 5.41 Å². The molecule has 0 radical (unpaired) electrons. The van der Waals surface area contributed by atoms with Gasteiger partial charge in [-0.1, -0.05) is 29.8 Å². The Hall–Kier alpha value is -2.21. The molecule has 0 unspecified atom stereocenters. The Morgan fingerprint density at radius 1 is 1.17 bits per heavy atom. The Balaban J connectivity index is 2.02. The summed E-state index contributed by atoms with van der Waals surface area (Å²) in [5.41, 5.74) is 2.77. The van der Waals surface area contributed by atoms with Crippen molar-refractivity contribution in [2.45, 2.75) is 25.2 Å². The topological polar surface area (TPSA) is 49.6 Å². The molecule has 0 N–H and O–H groups in total. The van der Waals surface area contributed by atoms with Gasteiger partial charge in [0.05, 0.1) is 11.8 Å². The Kier molecular flexibility index (Phi) is 2.38. The summed E-state index contributed by atoms with van der Waals surface area (Å²) in [6, 6.07) is 12.4. The van der Waals surface area contributed by atoms with Gasteiger partial charge in [-0.05, 0) is 25.8 Å². The molecular formula is C15H13N3. The smallest absolute Gasteiger partial charge is 0.149 e. The molecule has 1 aliphatic carbocycles. The fraction of sp³-hybridized carbons (Fsp3) is 0.267. The quantitative estimate of drug-likeness (QED) is 0.804. The van der Waals surface area contributed by atoms with Gasteiger partial charge in [-0.2, -0.15) is 5.26 Å². The zero-order valence-electron chi connectivity index (χ0n) is 10.2. The second-order valence-electron chi connectivity index (χ2n) is 4.83. The maximum absolute atomic E-state index is 9.18. The standard InChI is InChI=1S/C15H13N3/c1-11-2-4-12(5-3-11)13-6-9-17-14(18-13)15(10-16)7-8-15/h2-6,9H,7-8H2,1H3. The van der Waals surface area contributed by atoms with Gasteiger partial charge in [-0.15, -0.1) is 0 Å². The van der Waals surface area contributed by atoms with Gasteiger partial charge in [0.15, 0.2) is 0 Å². The maximum atomic E-state index is 9.18. The molecule has 3 rings (SSSR count). The van der Waals surface area contributed by atoms with E-state index in [0.717, 1.165) is 24.1 Å². The van der Waals surface area contributed by atoms with Crippen LogP contribution >= 0.6 is 0 Å². The summed E-state index contributed by atoms with van der Waals surface area (Å²) in [5.74, 6) is 0.670. The molecular weight excluding hydrogens is 222 g/mol. The van der Waals surface area contributed by atoms with E-state index in [9.17, 15) is 5.26 Å². The zero-order chi connectivity index (χ0) is 12.6. The molecule has 1 saturated carbocycles. The van der Waals surface area contributed by atoms with E-state index in [-0.39, 0.29) is 0 Å². The van der Waals surface area contributed by atoms with E-state index in [1.54, 1.807) is 6.20 Å². The van der Waals surface area contributed by atoms with Crippen molar-refractivity contribution in [3.63, 3.8) is 0 Å². The summed E-state index contributed by atoms with van der Waals surface area (Å²) in [6.07, 6.45) is 3.50. The molecule has 0 atom stereocenters. The van der Waals surface area contributed by atoms with Crippen molar-refractivity contribution < 1.29 is 0 Å². The lowest BCUT2D eigenvalue weighted by Crippen LogP contribution is -2.09. The minimum absolute atomic E-state index is 0.416. The van der Waals surface area contributed by atoms with E-state index in [4.69, 9.17) is 0 Å². The van der Waals surface area contributed by atoms with Gasteiger partial charge in [0.25, 0.3) is 0 Å². The lowest BCUT2D eigenvalue weighted by molar-refractivity contribution is 0.799. The van der Waals surface area contributed by atoms with Gasteiger partial charge in [0, 0.05) is 11.8 Å². The van der Waals surface area contributed by atoms with Crippen LogP contribution in [0.1, 0.15) is 24.2 Å². The van der Waals surface area contributed by atoms with Crippen LogP contribution in [-0.4, -0.2) is 9.97 Å². The molecule has 18 heavy (non-hydrogen) atoms. The molecule has 0 amide bonds. The summed E-state index contributed by atoms with van der Waals surface area (Å²) < 4.78 is 0. The lowest BCUT2D eigenvalue weighted by Gasteiger charge is -2.06. The maximum Gasteiger partial charge on any atom is 0.149 e. The highest BCUT2D eigenvalue weighted by Gasteiger charge is 2.47. The van der Waals surface area contributed by atoms with Gasteiger partial charge in [-0.25, -0.2) is 9.97 Å². The lowest BCUT2D eigenvalue weighted by atomic mass is 10.1. The van der Waals surface area contributed by atoms with E-state index >= 15 is 0 Å². The molecule has 0 spiro atoms. The van der Waals surface area contributed by atoms with Crippen LogP contribution in [0, 0.1) is 18.3 Å². The summed E-state index contributed by atoms with van der Waals surface area (Å²) in [6.45, 7) is 2.06. The Morgan fingerprint density at radius 2 is 1.89 bits per heavy atom. The van der Waals surface area contributed by atoms with Crippen LogP contribution in [0.25, 0.3) is 11.3 Å². The molecule has 88 valence electrons. The van der Waals surface area contributed by atoms with Crippen LogP contribution in [0.4, 0.5) is 0 Å². The molecule has 0 saturated heterocycles. The second-order valence-corrected chi connectivity index (χ2v) is 4.83. The van der Waals surface area contributed by atoms with Crippen LogP contribution in [0.5, 0.6) is 0 Å². The van der Waals surface area contributed by atoms with E-state index in [1.807, 2.05) is 18.2 Å². The number of aryl methyl sites for hydroxylation is 1. The molecule has 1 heterocycles. The second kappa shape index (κ2) is 3.92. The molecule has 3 heteroatoms. The molecule has 1 fully saturated rings. The molecule has 0 bridgehead atoms. The number of nitriles is 1.